The number of nitrogens with one attached hydrogen (secondary N) is 1. The molecule has 2 atom stereocenters. The normalized spacial score (nSPS) is 17.1. The number of ether oxygens (including phenoxy) is 2. The van der Waals surface area contributed by atoms with Crippen LogP contribution in [0.25, 0.3) is 11.0 Å². The Balaban J connectivity index is 1.64. The third-order valence-corrected chi connectivity index (χ3v) is 5.43. The van der Waals surface area contributed by atoms with Gasteiger partial charge in [-0.25, -0.2) is 4.79 Å². The van der Waals surface area contributed by atoms with E-state index in [2.05, 4.69) is 5.32 Å². The van der Waals surface area contributed by atoms with Gasteiger partial charge in [0.1, 0.15) is 17.1 Å². The van der Waals surface area contributed by atoms with Gasteiger partial charge in [-0.1, -0.05) is 42.5 Å². The summed E-state index contributed by atoms with van der Waals surface area (Å²) in [7, 11) is 1.58. The lowest BCUT2D eigenvalue weighted by Crippen LogP contribution is -2.35. The van der Waals surface area contributed by atoms with Gasteiger partial charge in [0.15, 0.2) is 6.10 Å². The van der Waals surface area contributed by atoms with E-state index < -0.39 is 17.6 Å². The van der Waals surface area contributed by atoms with Gasteiger partial charge in [0.25, 0.3) is 5.91 Å². The molecule has 1 aliphatic rings. The summed E-state index contributed by atoms with van der Waals surface area (Å²) in [4.78, 5) is 26.2. The molecular weight excluding hydrogens is 394 g/mol. The highest BCUT2D eigenvalue weighted by Gasteiger charge is 2.44. The van der Waals surface area contributed by atoms with E-state index in [0.717, 1.165) is 5.56 Å². The Kier molecular flexibility index (Phi) is 4.67. The molecule has 6 nitrogen and oxygen atoms in total. The lowest BCUT2D eigenvalue weighted by atomic mass is 9.88. The van der Waals surface area contributed by atoms with Crippen LogP contribution < -0.4 is 20.4 Å². The van der Waals surface area contributed by atoms with Gasteiger partial charge in [0.05, 0.1) is 24.0 Å². The van der Waals surface area contributed by atoms with Crippen molar-refractivity contribution in [1.82, 2.24) is 0 Å². The number of carbonyl (C=O) groups excluding carboxylic acids is 1. The van der Waals surface area contributed by atoms with Crippen LogP contribution in [0.4, 0.5) is 5.69 Å². The van der Waals surface area contributed by atoms with Crippen molar-refractivity contribution in [1.29, 1.82) is 0 Å². The van der Waals surface area contributed by atoms with Gasteiger partial charge in [0.2, 0.25) is 0 Å². The number of hydrogen-bond acceptors (Lipinski definition) is 5. The van der Waals surface area contributed by atoms with E-state index in [9.17, 15) is 9.59 Å². The van der Waals surface area contributed by atoms with Crippen LogP contribution in [0.2, 0.25) is 0 Å². The number of hydrogen-bond donors (Lipinski definition) is 1. The summed E-state index contributed by atoms with van der Waals surface area (Å²) in [5.74, 6) is 0.108. The number of benzene rings is 3. The Hall–Kier alpha value is -4.06. The SMILES string of the molecule is COc1ccc([C@@H]2c3c(c4ccccc4oc3=O)O[C@@H]2C(=O)Nc2ccccc2)cc1. The highest BCUT2D eigenvalue weighted by molar-refractivity contribution is 5.97. The van der Waals surface area contributed by atoms with Crippen molar-refractivity contribution in [2.24, 2.45) is 0 Å². The third kappa shape index (κ3) is 3.32. The number of amides is 1. The summed E-state index contributed by atoms with van der Waals surface area (Å²) in [6, 6.07) is 23.5. The molecule has 4 aromatic rings. The predicted molar refractivity (Wildman–Crippen MR) is 117 cm³/mol. The largest absolute Gasteiger partial charge is 0.497 e. The molecule has 1 N–H and O–H groups in total. The second-order valence-electron chi connectivity index (χ2n) is 7.27. The number of carbonyl (C=O) groups is 1. The first-order valence-corrected chi connectivity index (χ1v) is 9.88. The summed E-state index contributed by atoms with van der Waals surface area (Å²) < 4.78 is 17.0. The number of rotatable bonds is 4. The first kappa shape index (κ1) is 18.9. The molecule has 3 aromatic carbocycles. The fourth-order valence-electron chi connectivity index (χ4n) is 3.97. The molecule has 0 radical (unpaired) electrons. The van der Waals surface area contributed by atoms with Gasteiger partial charge in [0, 0.05) is 5.69 Å². The Morgan fingerprint density at radius 1 is 0.935 bits per heavy atom. The molecule has 0 unspecified atom stereocenters. The van der Waals surface area contributed by atoms with Gasteiger partial charge in [-0.2, -0.15) is 0 Å². The van der Waals surface area contributed by atoms with Crippen LogP contribution in [0.5, 0.6) is 11.5 Å². The average Bonchev–Trinajstić information content (AvgIpc) is 3.22. The van der Waals surface area contributed by atoms with Crippen molar-refractivity contribution < 1.29 is 18.7 Å². The molecule has 1 amide bonds. The predicted octanol–water partition coefficient (Wildman–Crippen LogP) is 4.33. The molecule has 0 aliphatic carbocycles. The standard InChI is InChI=1S/C25H19NO5/c1-29-17-13-11-15(12-14-17)20-21-22(18-9-5-6-10-19(18)30-25(21)28)31-23(20)24(27)26-16-7-3-2-4-8-16/h2-14,20,23H,1H3,(H,26,27)/t20-,23+/m1/s1. The van der Waals surface area contributed by atoms with Gasteiger partial charge >= 0.3 is 5.63 Å². The van der Waals surface area contributed by atoms with Gasteiger partial charge < -0.3 is 19.2 Å². The molecule has 0 saturated carbocycles. The third-order valence-electron chi connectivity index (χ3n) is 5.43. The molecule has 0 bridgehead atoms. The van der Waals surface area contributed by atoms with Crippen molar-refractivity contribution in [3.63, 3.8) is 0 Å². The minimum atomic E-state index is -0.933. The molecule has 2 heterocycles. The first-order valence-electron chi connectivity index (χ1n) is 9.88. The summed E-state index contributed by atoms with van der Waals surface area (Å²) >= 11 is 0. The van der Waals surface area contributed by atoms with Crippen molar-refractivity contribution in [2.75, 3.05) is 12.4 Å². The van der Waals surface area contributed by atoms with E-state index in [4.69, 9.17) is 13.9 Å². The topological polar surface area (TPSA) is 77.8 Å². The average molecular weight is 413 g/mol. The van der Waals surface area contributed by atoms with E-state index in [1.807, 2.05) is 42.5 Å². The maximum absolute atomic E-state index is 13.2. The highest BCUT2D eigenvalue weighted by atomic mass is 16.5. The van der Waals surface area contributed by atoms with E-state index >= 15 is 0 Å². The molecule has 6 heteroatoms. The number of methoxy groups -OCH3 is 1. The zero-order valence-corrected chi connectivity index (χ0v) is 16.7. The fourth-order valence-corrected chi connectivity index (χ4v) is 3.97. The summed E-state index contributed by atoms with van der Waals surface area (Å²) in [6.07, 6.45) is -0.933. The van der Waals surface area contributed by atoms with Gasteiger partial charge in [-0.05, 0) is 42.0 Å². The maximum Gasteiger partial charge on any atom is 0.344 e. The van der Waals surface area contributed by atoms with E-state index in [1.165, 1.54) is 0 Å². The Morgan fingerprint density at radius 3 is 2.39 bits per heavy atom. The van der Waals surface area contributed by atoms with Crippen LogP contribution in [-0.2, 0) is 4.79 Å². The smallest absolute Gasteiger partial charge is 0.344 e. The zero-order valence-electron chi connectivity index (χ0n) is 16.7. The molecule has 0 saturated heterocycles. The van der Waals surface area contributed by atoms with Gasteiger partial charge in [-0.3, -0.25) is 4.79 Å². The summed E-state index contributed by atoms with van der Waals surface area (Å²) in [5.41, 5.74) is 1.67. The van der Waals surface area contributed by atoms with Crippen LogP contribution in [0.15, 0.2) is 88.1 Å². The van der Waals surface area contributed by atoms with Crippen LogP contribution >= 0.6 is 0 Å². The Bertz CT molecular complexity index is 1310. The number of para-hydroxylation sites is 2. The molecule has 31 heavy (non-hydrogen) atoms. The monoisotopic (exact) mass is 413 g/mol. The first-order chi connectivity index (χ1) is 15.2. The highest BCUT2D eigenvalue weighted by Crippen LogP contribution is 2.44. The quantitative estimate of drug-likeness (QED) is 0.504. The van der Waals surface area contributed by atoms with Gasteiger partial charge in [-0.15, -0.1) is 0 Å². The number of anilines is 1. The van der Waals surface area contributed by atoms with Crippen molar-refractivity contribution >= 4 is 22.6 Å². The molecule has 0 fully saturated rings. The fraction of sp³-hybridized carbons (Fsp3) is 0.120. The Morgan fingerprint density at radius 2 is 1.65 bits per heavy atom. The van der Waals surface area contributed by atoms with Crippen LogP contribution in [-0.4, -0.2) is 19.1 Å². The van der Waals surface area contributed by atoms with Crippen LogP contribution in [0.1, 0.15) is 17.0 Å². The van der Waals surface area contributed by atoms with E-state index in [1.54, 1.807) is 43.5 Å². The molecule has 1 aliphatic heterocycles. The minimum Gasteiger partial charge on any atom is -0.497 e. The minimum absolute atomic E-state index is 0.341. The lowest BCUT2D eigenvalue weighted by molar-refractivity contribution is -0.122. The zero-order chi connectivity index (χ0) is 21.4. The maximum atomic E-state index is 13.2. The molecule has 154 valence electrons. The second-order valence-corrected chi connectivity index (χ2v) is 7.27. The summed E-state index contributed by atoms with van der Waals surface area (Å²) in [6.45, 7) is 0. The molecule has 5 rings (SSSR count). The molecule has 1 aromatic heterocycles. The van der Waals surface area contributed by atoms with Crippen LogP contribution in [0.3, 0.4) is 0 Å². The van der Waals surface area contributed by atoms with Crippen molar-refractivity contribution in [3.05, 3.63) is 100 Å². The second kappa shape index (κ2) is 7.65. The van der Waals surface area contributed by atoms with E-state index in [0.29, 0.717) is 33.7 Å². The van der Waals surface area contributed by atoms with Crippen molar-refractivity contribution in [2.45, 2.75) is 12.0 Å². The van der Waals surface area contributed by atoms with E-state index in [-0.39, 0.29) is 5.91 Å². The summed E-state index contributed by atoms with van der Waals surface area (Å²) in [5, 5.41) is 3.55. The molecule has 0 spiro atoms. The lowest BCUT2D eigenvalue weighted by Gasteiger charge is -2.19. The Labute approximate surface area is 178 Å². The molecular formula is C25H19NO5. The van der Waals surface area contributed by atoms with Crippen molar-refractivity contribution in [3.8, 4) is 11.5 Å². The van der Waals surface area contributed by atoms with Crippen LogP contribution in [0, 0.1) is 0 Å². The number of fused-ring (bicyclic) bond motifs is 3.